The van der Waals surface area contributed by atoms with Crippen LogP contribution in [0.15, 0.2) is 0 Å². The Balaban J connectivity index is 0.000000288. The summed E-state index contributed by atoms with van der Waals surface area (Å²) in [4.78, 5) is 20.5. The third kappa shape index (κ3) is 6.00. The summed E-state index contributed by atoms with van der Waals surface area (Å²) in [6, 6.07) is -0.641. The number of rotatable bonds is 3. The van der Waals surface area contributed by atoms with Gasteiger partial charge in [0.2, 0.25) is 5.91 Å². The third-order valence-electron chi connectivity index (χ3n) is 1.71. The van der Waals surface area contributed by atoms with E-state index in [4.69, 9.17) is 20.4 Å². The molecule has 5 N–H and O–H groups in total. The van der Waals surface area contributed by atoms with Crippen LogP contribution < -0.4 is 5.32 Å². The fourth-order valence-corrected chi connectivity index (χ4v) is 0.857. The maximum atomic E-state index is 10.4. The lowest BCUT2D eigenvalue weighted by Crippen LogP contribution is -2.32. The number of nitrogens with one attached hydrogen (secondary N) is 1. The van der Waals surface area contributed by atoms with Gasteiger partial charge in [-0.25, -0.2) is 4.79 Å². The summed E-state index contributed by atoms with van der Waals surface area (Å²) >= 11 is 0. The van der Waals surface area contributed by atoms with Crippen LogP contribution in [0.4, 0.5) is 0 Å². The van der Waals surface area contributed by atoms with E-state index in [0.29, 0.717) is 12.8 Å². The standard InChI is InChI=1S/C5H7NO3.C3H8O3/c7-4-2-1-3(6-4)5(8)9;4-1-3(6)2-5/h3H,1-2H2,(H,6,7)(H,8,9);3-6H,1-2H2. The highest BCUT2D eigenvalue weighted by Gasteiger charge is 2.26. The zero-order valence-corrected chi connectivity index (χ0v) is 8.09. The molecule has 1 heterocycles. The summed E-state index contributed by atoms with van der Waals surface area (Å²) in [5.41, 5.74) is 0. The Morgan fingerprint density at radius 1 is 1.47 bits per heavy atom. The second-order valence-corrected chi connectivity index (χ2v) is 3.02. The molecular weight excluding hydrogens is 206 g/mol. The number of amides is 1. The molecule has 1 aliphatic heterocycles. The Hall–Kier alpha value is -1.18. The molecule has 0 saturated carbocycles. The van der Waals surface area contributed by atoms with Gasteiger partial charge in [-0.3, -0.25) is 4.79 Å². The number of carboxylic acid groups (broad SMARTS) is 1. The largest absolute Gasteiger partial charge is 0.480 e. The number of hydrogen-bond acceptors (Lipinski definition) is 5. The fourth-order valence-electron chi connectivity index (χ4n) is 0.857. The van der Waals surface area contributed by atoms with Gasteiger partial charge in [-0.2, -0.15) is 0 Å². The van der Waals surface area contributed by atoms with E-state index in [2.05, 4.69) is 5.32 Å². The smallest absolute Gasteiger partial charge is 0.326 e. The summed E-state index contributed by atoms with van der Waals surface area (Å²) in [7, 11) is 0. The van der Waals surface area contributed by atoms with E-state index in [-0.39, 0.29) is 19.1 Å². The lowest BCUT2D eigenvalue weighted by molar-refractivity contribution is -0.140. The molecule has 7 heteroatoms. The summed E-state index contributed by atoms with van der Waals surface area (Å²) in [6.45, 7) is -0.729. The van der Waals surface area contributed by atoms with E-state index < -0.39 is 18.1 Å². The molecule has 0 aromatic rings. The van der Waals surface area contributed by atoms with Crippen LogP contribution in [0.25, 0.3) is 0 Å². The molecule has 1 aliphatic rings. The average Bonchev–Trinajstić information content (AvgIpc) is 2.64. The highest BCUT2D eigenvalue weighted by Crippen LogP contribution is 2.05. The number of carboxylic acids is 1. The molecule has 88 valence electrons. The molecule has 1 saturated heterocycles. The average molecular weight is 221 g/mol. The predicted octanol–water partition coefficient (Wildman–Crippen LogP) is -2.32. The molecule has 0 aliphatic carbocycles. The third-order valence-corrected chi connectivity index (χ3v) is 1.71. The highest BCUT2D eigenvalue weighted by molar-refractivity contribution is 5.87. The van der Waals surface area contributed by atoms with Gasteiger partial charge < -0.3 is 25.7 Å². The lowest BCUT2D eigenvalue weighted by atomic mass is 10.2. The Bertz CT molecular complexity index is 215. The van der Waals surface area contributed by atoms with Crippen LogP contribution in [-0.2, 0) is 9.59 Å². The van der Waals surface area contributed by atoms with Crippen molar-refractivity contribution in [2.24, 2.45) is 0 Å². The topological polar surface area (TPSA) is 127 Å². The molecular formula is C8H15NO6. The minimum atomic E-state index is -0.954. The first-order valence-corrected chi connectivity index (χ1v) is 4.43. The van der Waals surface area contributed by atoms with E-state index >= 15 is 0 Å². The quantitative estimate of drug-likeness (QED) is 0.364. The van der Waals surface area contributed by atoms with Crippen LogP contribution in [0.3, 0.4) is 0 Å². The molecule has 1 rings (SSSR count). The van der Waals surface area contributed by atoms with Crippen LogP contribution in [0.2, 0.25) is 0 Å². The summed E-state index contributed by atoms with van der Waals surface area (Å²) in [5, 5.41) is 34.6. The van der Waals surface area contributed by atoms with Crippen molar-refractivity contribution in [3.05, 3.63) is 0 Å². The van der Waals surface area contributed by atoms with Gasteiger partial charge in [0.25, 0.3) is 0 Å². The predicted molar refractivity (Wildman–Crippen MR) is 49.0 cm³/mol. The van der Waals surface area contributed by atoms with Crippen molar-refractivity contribution >= 4 is 11.9 Å². The Labute approximate surface area is 86.3 Å². The lowest BCUT2D eigenvalue weighted by Gasteiger charge is -1.99. The molecule has 0 aromatic carbocycles. The summed E-state index contributed by atoms with van der Waals surface area (Å²) in [6.07, 6.45) is -0.185. The second kappa shape index (κ2) is 7.16. The zero-order valence-electron chi connectivity index (χ0n) is 8.09. The number of aliphatic carboxylic acids is 1. The number of carbonyl (C=O) groups is 2. The van der Waals surface area contributed by atoms with Crippen LogP contribution in [0, 0.1) is 0 Å². The van der Waals surface area contributed by atoms with Crippen LogP contribution in [-0.4, -0.2) is 57.7 Å². The van der Waals surface area contributed by atoms with Crippen molar-refractivity contribution in [3.63, 3.8) is 0 Å². The van der Waals surface area contributed by atoms with Gasteiger partial charge in [-0.15, -0.1) is 0 Å². The van der Waals surface area contributed by atoms with Gasteiger partial charge >= 0.3 is 5.97 Å². The molecule has 1 fully saturated rings. The number of aliphatic hydroxyl groups excluding tert-OH is 3. The van der Waals surface area contributed by atoms with E-state index in [9.17, 15) is 9.59 Å². The van der Waals surface area contributed by atoms with Crippen molar-refractivity contribution in [1.82, 2.24) is 5.32 Å². The molecule has 0 spiro atoms. The highest BCUT2D eigenvalue weighted by atomic mass is 16.4. The second-order valence-electron chi connectivity index (χ2n) is 3.02. The maximum absolute atomic E-state index is 10.4. The molecule has 0 aromatic heterocycles. The minimum Gasteiger partial charge on any atom is -0.480 e. The van der Waals surface area contributed by atoms with Gasteiger partial charge in [0.05, 0.1) is 13.2 Å². The Morgan fingerprint density at radius 2 is 2.00 bits per heavy atom. The van der Waals surface area contributed by atoms with Gasteiger partial charge in [-0.05, 0) is 6.42 Å². The van der Waals surface area contributed by atoms with E-state index in [1.165, 1.54) is 0 Å². The van der Waals surface area contributed by atoms with Gasteiger partial charge in [-0.1, -0.05) is 0 Å². The summed E-state index contributed by atoms with van der Waals surface area (Å²) < 4.78 is 0. The molecule has 0 bridgehead atoms. The monoisotopic (exact) mass is 221 g/mol. The summed E-state index contributed by atoms with van der Waals surface area (Å²) in [5.74, 6) is -1.11. The first-order chi connectivity index (χ1) is 7.01. The van der Waals surface area contributed by atoms with Crippen molar-refractivity contribution in [2.45, 2.75) is 25.0 Å². The first-order valence-electron chi connectivity index (χ1n) is 4.43. The Kier molecular flexibility index (Phi) is 6.59. The molecule has 0 radical (unpaired) electrons. The number of aliphatic hydroxyl groups is 3. The molecule has 1 amide bonds. The maximum Gasteiger partial charge on any atom is 0.326 e. The van der Waals surface area contributed by atoms with Crippen LogP contribution in [0.5, 0.6) is 0 Å². The first kappa shape index (κ1) is 13.8. The SMILES string of the molecule is O=C1CCC(C(=O)O)N1.OCC(O)CO. The van der Waals surface area contributed by atoms with Gasteiger partial charge in [0.15, 0.2) is 0 Å². The zero-order chi connectivity index (χ0) is 11.8. The van der Waals surface area contributed by atoms with Crippen molar-refractivity contribution in [3.8, 4) is 0 Å². The van der Waals surface area contributed by atoms with Gasteiger partial charge in [0.1, 0.15) is 12.1 Å². The fraction of sp³-hybridized carbons (Fsp3) is 0.750. The van der Waals surface area contributed by atoms with Gasteiger partial charge in [0, 0.05) is 6.42 Å². The van der Waals surface area contributed by atoms with Crippen LogP contribution in [0.1, 0.15) is 12.8 Å². The van der Waals surface area contributed by atoms with Crippen LogP contribution >= 0.6 is 0 Å². The van der Waals surface area contributed by atoms with Crippen molar-refractivity contribution in [1.29, 1.82) is 0 Å². The normalized spacial score (nSPS) is 19.5. The van der Waals surface area contributed by atoms with E-state index in [1.807, 2.05) is 0 Å². The van der Waals surface area contributed by atoms with Crippen molar-refractivity contribution in [2.75, 3.05) is 13.2 Å². The van der Waals surface area contributed by atoms with E-state index in [0.717, 1.165) is 0 Å². The van der Waals surface area contributed by atoms with E-state index in [1.54, 1.807) is 0 Å². The molecule has 15 heavy (non-hydrogen) atoms. The number of hydrogen-bond donors (Lipinski definition) is 5. The molecule has 1 unspecified atom stereocenters. The van der Waals surface area contributed by atoms with Crippen molar-refractivity contribution < 1.29 is 30.0 Å². The minimum absolute atomic E-state index is 0.164. The molecule has 7 nitrogen and oxygen atoms in total. The number of carbonyl (C=O) groups excluding carboxylic acids is 1. The Morgan fingerprint density at radius 3 is 2.13 bits per heavy atom. The molecule has 1 atom stereocenters.